The number of esters is 1. The van der Waals surface area contributed by atoms with Crippen LogP contribution in [0, 0.1) is 5.92 Å². The number of nitrogens with zero attached hydrogens (tertiary/aromatic N) is 1. The fraction of sp³-hybridized carbons (Fsp3) is 0.556. The van der Waals surface area contributed by atoms with Gasteiger partial charge in [0.15, 0.2) is 0 Å². The number of benzene rings is 1. The standard InChI is InChI=1S/C27H35F2NO4S/c1-19(8-6-11-20-9-4-3-5-10-20)23(31)15-13-21-18-27(28,29)26(33)30(21)17-7-12-22-14-16-24(35-22)25(32)34-2/h3-5,9-10,14,16,19,21,23,31H,6-8,11-13,15,17-18H2,1-2H3/t19-,21?,23+/m0/s1. The number of aryl methyl sites for hydroxylation is 2. The van der Waals surface area contributed by atoms with Crippen molar-refractivity contribution in [3.05, 3.63) is 57.8 Å². The lowest BCUT2D eigenvalue weighted by Crippen LogP contribution is -2.37. The second-order valence-electron chi connectivity index (χ2n) is 9.42. The molecule has 0 spiro atoms. The van der Waals surface area contributed by atoms with Gasteiger partial charge in [-0.25, -0.2) is 4.79 Å². The van der Waals surface area contributed by atoms with E-state index in [0.29, 0.717) is 30.6 Å². The van der Waals surface area contributed by atoms with Crippen molar-refractivity contribution < 1.29 is 28.2 Å². The molecule has 35 heavy (non-hydrogen) atoms. The average molecular weight is 508 g/mol. The van der Waals surface area contributed by atoms with Crippen LogP contribution in [0.4, 0.5) is 8.78 Å². The van der Waals surface area contributed by atoms with Gasteiger partial charge in [-0.2, -0.15) is 8.78 Å². The lowest BCUT2D eigenvalue weighted by molar-refractivity contribution is -0.148. The van der Waals surface area contributed by atoms with Crippen LogP contribution in [0.1, 0.15) is 65.6 Å². The number of amides is 1. The van der Waals surface area contributed by atoms with Crippen LogP contribution in [0.2, 0.25) is 0 Å². The Bertz CT molecular complexity index is 965. The highest BCUT2D eigenvalue weighted by Gasteiger charge is 2.52. The highest BCUT2D eigenvalue weighted by atomic mass is 32.1. The summed E-state index contributed by atoms with van der Waals surface area (Å²) in [7, 11) is 1.32. The Hall–Kier alpha value is -2.32. The van der Waals surface area contributed by atoms with Gasteiger partial charge >= 0.3 is 11.9 Å². The van der Waals surface area contributed by atoms with Gasteiger partial charge in [0.1, 0.15) is 4.88 Å². The number of carbonyl (C=O) groups excluding carboxylic acids is 2. The summed E-state index contributed by atoms with van der Waals surface area (Å²) in [6.07, 6.45) is 3.54. The fourth-order valence-electron chi connectivity index (χ4n) is 4.67. The van der Waals surface area contributed by atoms with Crippen molar-refractivity contribution in [3.63, 3.8) is 0 Å². The van der Waals surface area contributed by atoms with E-state index in [0.717, 1.165) is 24.1 Å². The molecule has 192 valence electrons. The molecule has 1 amide bonds. The maximum Gasteiger partial charge on any atom is 0.348 e. The van der Waals surface area contributed by atoms with Crippen molar-refractivity contribution in [1.82, 2.24) is 4.90 Å². The first-order chi connectivity index (χ1) is 16.7. The summed E-state index contributed by atoms with van der Waals surface area (Å²) in [6, 6.07) is 13.1. The first kappa shape index (κ1) is 27.3. The van der Waals surface area contributed by atoms with Gasteiger partial charge in [0, 0.05) is 23.9 Å². The van der Waals surface area contributed by atoms with Gasteiger partial charge in [-0.15, -0.1) is 11.3 Å². The Balaban J connectivity index is 1.46. The molecule has 5 nitrogen and oxygen atoms in total. The molecule has 1 unspecified atom stereocenters. The number of likely N-dealkylation sites (tertiary alicyclic amines) is 1. The van der Waals surface area contributed by atoms with Gasteiger partial charge in [-0.05, 0) is 68.6 Å². The van der Waals surface area contributed by atoms with E-state index in [9.17, 15) is 23.5 Å². The minimum Gasteiger partial charge on any atom is -0.465 e. The monoisotopic (exact) mass is 507 g/mol. The van der Waals surface area contributed by atoms with Gasteiger partial charge < -0.3 is 14.7 Å². The summed E-state index contributed by atoms with van der Waals surface area (Å²) >= 11 is 1.31. The van der Waals surface area contributed by atoms with E-state index < -0.39 is 36.4 Å². The maximum atomic E-state index is 14.2. The third kappa shape index (κ3) is 7.58. The van der Waals surface area contributed by atoms with Crippen LogP contribution in [-0.4, -0.2) is 53.6 Å². The molecule has 0 aliphatic carbocycles. The first-order valence-corrected chi connectivity index (χ1v) is 13.1. The van der Waals surface area contributed by atoms with E-state index in [2.05, 4.69) is 12.1 Å². The van der Waals surface area contributed by atoms with E-state index in [1.807, 2.05) is 31.2 Å². The van der Waals surface area contributed by atoms with Crippen molar-refractivity contribution in [1.29, 1.82) is 0 Å². The number of thiophene rings is 1. The number of halogens is 2. The third-order valence-corrected chi connectivity index (χ3v) is 7.92. The second-order valence-corrected chi connectivity index (χ2v) is 10.6. The molecule has 3 rings (SSSR count). The number of methoxy groups -OCH3 is 1. The van der Waals surface area contributed by atoms with Crippen molar-refractivity contribution in [2.45, 2.75) is 76.4 Å². The largest absolute Gasteiger partial charge is 0.465 e. The lowest BCUT2D eigenvalue weighted by Gasteiger charge is -2.26. The predicted octanol–water partition coefficient (Wildman–Crippen LogP) is 5.50. The van der Waals surface area contributed by atoms with Crippen molar-refractivity contribution in [2.75, 3.05) is 13.7 Å². The van der Waals surface area contributed by atoms with Gasteiger partial charge in [0.25, 0.3) is 5.91 Å². The highest BCUT2D eigenvalue weighted by Crippen LogP contribution is 2.36. The molecule has 1 aromatic heterocycles. The molecule has 1 aliphatic rings. The minimum atomic E-state index is -3.35. The predicted molar refractivity (Wildman–Crippen MR) is 133 cm³/mol. The number of hydrogen-bond donors (Lipinski definition) is 1. The zero-order valence-corrected chi connectivity index (χ0v) is 21.2. The molecule has 3 atom stereocenters. The fourth-order valence-corrected chi connectivity index (χ4v) is 5.64. The highest BCUT2D eigenvalue weighted by molar-refractivity contribution is 7.13. The van der Waals surface area contributed by atoms with Gasteiger partial charge in [0.05, 0.1) is 13.2 Å². The summed E-state index contributed by atoms with van der Waals surface area (Å²) in [6.45, 7) is 2.22. The normalized spacial score (nSPS) is 19.1. The average Bonchev–Trinajstić information content (AvgIpc) is 3.40. The Kier molecular flexibility index (Phi) is 9.80. The molecular formula is C27H35F2NO4S. The topological polar surface area (TPSA) is 66.8 Å². The van der Waals surface area contributed by atoms with E-state index in [-0.39, 0.29) is 12.5 Å². The number of hydrogen-bond acceptors (Lipinski definition) is 5. The van der Waals surface area contributed by atoms with Gasteiger partial charge in [-0.1, -0.05) is 37.3 Å². The summed E-state index contributed by atoms with van der Waals surface area (Å²) in [4.78, 5) is 26.7. The second kappa shape index (κ2) is 12.6. The Morgan fingerprint density at radius 2 is 1.91 bits per heavy atom. The van der Waals surface area contributed by atoms with Crippen LogP contribution in [0.3, 0.4) is 0 Å². The molecule has 8 heteroatoms. The quantitative estimate of drug-likeness (QED) is 0.364. The molecule has 2 heterocycles. The van der Waals surface area contributed by atoms with Crippen LogP contribution in [-0.2, 0) is 22.4 Å². The zero-order valence-electron chi connectivity index (χ0n) is 20.4. The number of rotatable bonds is 13. The Labute approximate surface area is 210 Å². The number of alkyl halides is 2. The molecule has 2 aromatic rings. The van der Waals surface area contributed by atoms with Crippen molar-refractivity contribution >= 4 is 23.2 Å². The summed E-state index contributed by atoms with van der Waals surface area (Å²) < 4.78 is 33.2. The molecule has 0 radical (unpaired) electrons. The molecular weight excluding hydrogens is 472 g/mol. The van der Waals surface area contributed by atoms with Crippen LogP contribution in [0.25, 0.3) is 0 Å². The molecule has 1 fully saturated rings. The van der Waals surface area contributed by atoms with Crippen LogP contribution in [0.5, 0.6) is 0 Å². The van der Waals surface area contributed by atoms with Crippen molar-refractivity contribution in [3.8, 4) is 0 Å². The molecule has 1 N–H and O–H groups in total. The third-order valence-electron chi connectivity index (χ3n) is 6.80. The first-order valence-electron chi connectivity index (χ1n) is 12.3. The van der Waals surface area contributed by atoms with Crippen LogP contribution in [0.15, 0.2) is 42.5 Å². The number of aliphatic hydroxyl groups excluding tert-OH is 1. The van der Waals surface area contributed by atoms with Gasteiger partial charge in [-0.3, -0.25) is 4.79 Å². The van der Waals surface area contributed by atoms with Gasteiger partial charge in [0.2, 0.25) is 0 Å². The molecule has 1 aromatic carbocycles. The Morgan fingerprint density at radius 3 is 2.63 bits per heavy atom. The summed E-state index contributed by atoms with van der Waals surface area (Å²) in [5.41, 5.74) is 1.26. The van der Waals surface area contributed by atoms with Crippen LogP contribution < -0.4 is 0 Å². The van der Waals surface area contributed by atoms with E-state index in [1.54, 1.807) is 6.07 Å². The van der Waals surface area contributed by atoms with E-state index in [4.69, 9.17) is 4.74 Å². The lowest BCUT2D eigenvalue weighted by atomic mass is 9.92. The molecule has 0 saturated carbocycles. The maximum absolute atomic E-state index is 14.2. The van der Waals surface area contributed by atoms with E-state index in [1.165, 1.54) is 28.9 Å². The number of aliphatic hydroxyl groups is 1. The summed E-state index contributed by atoms with van der Waals surface area (Å²) in [5, 5.41) is 10.6. The van der Waals surface area contributed by atoms with Crippen LogP contribution >= 0.6 is 11.3 Å². The van der Waals surface area contributed by atoms with E-state index >= 15 is 0 Å². The number of ether oxygens (including phenoxy) is 1. The number of carbonyl (C=O) groups is 2. The Morgan fingerprint density at radius 1 is 1.17 bits per heavy atom. The van der Waals surface area contributed by atoms with Crippen molar-refractivity contribution in [2.24, 2.45) is 5.92 Å². The molecule has 1 aliphatic heterocycles. The SMILES string of the molecule is COC(=O)c1ccc(CCCN2C(=O)C(F)(F)CC2CC[C@@H](O)[C@@H](C)CCCc2ccccc2)s1. The molecule has 0 bridgehead atoms. The molecule has 1 saturated heterocycles. The zero-order chi connectivity index (χ0) is 25.4. The smallest absolute Gasteiger partial charge is 0.348 e. The summed E-state index contributed by atoms with van der Waals surface area (Å²) in [5.74, 6) is -4.80. The minimum absolute atomic E-state index is 0.0626.